The highest BCUT2D eigenvalue weighted by Crippen LogP contribution is 2.50. The highest BCUT2D eigenvalue weighted by atomic mass is 14.5. The molecule has 1 aliphatic rings. The molecular weight excluding hydrogens is 192 g/mol. The van der Waals surface area contributed by atoms with Gasteiger partial charge < -0.3 is 0 Å². The summed E-state index contributed by atoms with van der Waals surface area (Å²) in [6.07, 6.45) is 7.23. The second kappa shape index (κ2) is 5.56. The fraction of sp³-hybridized carbons (Fsp3) is 1.00. The third kappa shape index (κ3) is 3.02. The predicted molar refractivity (Wildman–Crippen MR) is 73.5 cm³/mol. The van der Waals surface area contributed by atoms with Crippen LogP contribution in [0.4, 0.5) is 0 Å². The van der Waals surface area contributed by atoms with Gasteiger partial charge in [0.15, 0.2) is 0 Å². The average molecular weight is 224 g/mol. The maximum absolute atomic E-state index is 2.51. The van der Waals surface area contributed by atoms with Gasteiger partial charge in [-0.05, 0) is 48.3 Å². The van der Waals surface area contributed by atoms with Crippen LogP contribution in [0.5, 0.6) is 0 Å². The molecule has 0 radical (unpaired) electrons. The van der Waals surface area contributed by atoms with Crippen molar-refractivity contribution in [3.05, 3.63) is 0 Å². The van der Waals surface area contributed by atoms with Crippen LogP contribution in [0.15, 0.2) is 0 Å². The summed E-state index contributed by atoms with van der Waals surface area (Å²) in [7, 11) is 0. The summed E-state index contributed by atoms with van der Waals surface area (Å²) in [5.41, 5.74) is 0.603. The van der Waals surface area contributed by atoms with Crippen molar-refractivity contribution in [3.8, 4) is 0 Å². The van der Waals surface area contributed by atoms with Crippen molar-refractivity contribution in [2.24, 2.45) is 29.1 Å². The normalized spacial score (nSPS) is 30.9. The molecule has 1 fully saturated rings. The first-order valence-electron chi connectivity index (χ1n) is 7.39. The molecule has 16 heavy (non-hydrogen) atoms. The summed E-state index contributed by atoms with van der Waals surface area (Å²) < 4.78 is 0. The topological polar surface area (TPSA) is 0 Å². The van der Waals surface area contributed by atoms with Crippen molar-refractivity contribution in [3.63, 3.8) is 0 Å². The molecule has 0 heteroatoms. The molecule has 0 aliphatic heterocycles. The van der Waals surface area contributed by atoms with Gasteiger partial charge in [-0.15, -0.1) is 0 Å². The summed E-state index contributed by atoms with van der Waals surface area (Å²) in [6.45, 7) is 14.5. The zero-order valence-electron chi connectivity index (χ0n) is 12.3. The van der Waals surface area contributed by atoms with Crippen molar-refractivity contribution in [1.82, 2.24) is 0 Å². The van der Waals surface area contributed by atoms with Gasteiger partial charge in [-0.3, -0.25) is 0 Å². The third-order valence-electron chi connectivity index (χ3n) is 5.57. The van der Waals surface area contributed by atoms with E-state index in [1.54, 1.807) is 0 Å². The van der Waals surface area contributed by atoms with Crippen LogP contribution in [0, 0.1) is 29.1 Å². The van der Waals surface area contributed by atoms with Gasteiger partial charge in [-0.25, -0.2) is 0 Å². The Labute approximate surface area is 103 Å². The fourth-order valence-corrected chi connectivity index (χ4v) is 3.52. The van der Waals surface area contributed by atoms with Gasteiger partial charge in [-0.1, -0.05) is 54.4 Å². The lowest BCUT2D eigenvalue weighted by Gasteiger charge is -2.33. The lowest BCUT2D eigenvalue weighted by Crippen LogP contribution is -2.25. The molecule has 1 rings (SSSR count). The SMILES string of the molecule is CCC1CCC(CCC(C)C(C)C)C1(C)C. The van der Waals surface area contributed by atoms with Gasteiger partial charge in [0.05, 0.1) is 0 Å². The molecule has 0 aromatic carbocycles. The van der Waals surface area contributed by atoms with E-state index in [1.165, 1.54) is 32.1 Å². The van der Waals surface area contributed by atoms with Gasteiger partial charge >= 0.3 is 0 Å². The van der Waals surface area contributed by atoms with E-state index in [0.29, 0.717) is 5.41 Å². The maximum atomic E-state index is 2.51. The number of hydrogen-bond acceptors (Lipinski definition) is 0. The average Bonchev–Trinajstić information content (AvgIpc) is 2.49. The molecule has 0 saturated heterocycles. The number of hydrogen-bond donors (Lipinski definition) is 0. The largest absolute Gasteiger partial charge is 0.0651 e. The van der Waals surface area contributed by atoms with Gasteiger partial charge in [0.2, 0.25) is 0 Å². The first-order valence-corrected chi connectivity index (χ1v) is 7.39. The van der Waals surface area contributed by atoms with E-state index >= 15 is 0 Å². The molecule has 0 N–H and O–H groups in total. The van der Waals surface area contributed by atoms with Crippen LogP contribution >= 0.6 is 0 Å². The van der Waals surface area contributed by atoms with Crippen LogP contribution in [0.25, 0.3) is 0 Å². The Morgan fingerprint density at radius 2 is 1.62 bits per heavy atom. The molecule has 3 atom stereocenters. The molecule has 0 aromatic heterocycles. The predicted octanol–water partition coefficient (Wildman–Crippen LogP) is 5.52. The number of rotatable bonds is 5. The van der Waals surface area contributed by atoms with Crippen LogP contribution in [0.1, 0.15) is 73.6 Å². The van der Waals surface area contributed by atoms with E-state index in [1.807, 2.05) is 0 Å². The Bertz CT molecular complexity index is 202. The highest BCUT2D eigenvalue weighted by molar-refractivity contribution is 4.91. The van der Waals surface area contributed by atoms with Crippen molar-refractivity contribution >= 4 is 0 Å². The Kier molecular flexibility index (Phi) is 4.88. The van der Waals surface area contributed by atoms with Crippen LogP contribution in [0.3, 0.4) is 0 Å². The van der Waals surface area contributed by atoms with Gasteiger partial charge in [-0.2, -0.15) is 0 Å². The summed E-state index contributed by atoms with van der Waals surface area (Å²) in [5.74, 6) is 3.72. The lowest BCUT2D eigenvalue weighted by molar-refractivity contribution is 0.162. The molecule has 1 saturated carbocycles. The van der Waals surface area contributed by atoms with E-state index in [0.717, 1.165) is 23.7 Å². The molecule has 0 bridgehead atoms. The summed E-state index contributed by atoms with van der Waals surface area (Å²) >= 11 is 0. The maximum Gasteiger partial charge on any atom is -0.0298 e. The third-order valence-corrected chi connectivity index (χ3v) is 5.57. The van der Waals surface area contributed by atoms with Gasteiger partial charge in [0, 0.05) is 0 Å². The Hall–Kier alpha value is 0. The zero-order chi connectivity index (χ0) is 12.3. The molecular formula is C16H32. The second-order valence-corrected chi connectivity index (χ2v) is 7.00. The standard InChI is InChI=1S/C16H32/c1-7-14-10-11-15(16(14,5)6)9-8-13(4)12(2)3/h12-15H,7-11H2,1-6H3. The van der Waals surface area contributed by atoms with Crippen LogP contribution in [0.2, 0.25) is 0 Å². The Morgan fingerprint density at radius 3 is 2.06 bits per heavy atom. The molecule has 1 aliphatic carbocycles. The minimum Gasteiger partial charge on any atom is -0.0651 e. The molecule has 3 unspecified atom stereocenters. The summed E-state index contributed by atoms with van der Waals surface area (Å²) in [6, 6.07) is 0. The van der Waals surface area contributed by atoms with Crippen molar-refractivity contribution in [2.75, 3.05) is 0 Å². The second-order valence-electron chi connectivity index (χ2n) is 7.00. The van der Waals surface area contributed by atoms with E-state index < -0.39 is 0 Å². The van der Waals surface area contributed by atoms with Gasteiger partial charge in [0.25, 0.3) is 0 Å². The van der Waals surface area contributed by atoms with Crippen molar-refractivity contribution in [1.29, 1.82) is 0 Å². The fourth-order valence-electron chi connectivity index (χ4n) is 3.52. The van der Waals surface area contributed by atoms with Crippen LogP contribution in [-0.2, 0) is 0 Å². The molecule has 0 spiro atoms. The molecule has 0 aromatic rings. The molecule has 0 heterocycles. The quantitative estimate of drug-likeness (QED) is 0.576. The van der Waals surface area contributed by atoms with E-state index in [4.69, 9.17) is 0 Å². The molecule has 0 amide bonds. The minimum absolute atomic E-state index is 0.603. The van der Waals surface area contributed by atoms with Crippen molar-refractivity contribution < 1.29 is 0 Å². The smallest absolute Gasteiger partial charge is 0.0298 e. The van der Waals surface area contributed by atoms with E-state index in [-0.39, 0.29) is 0 Å². The van der Waals surface area contributed by atoms with Crippen LogP contribution < -0.4 is 0 Å². The molecule has 0 nitrogen and oxygen atoms in total. The molecule has 96 valence electrons. The zero-order valence-corrected chi connectivity index (χ0v) is 12.3. The van der Waals surface area contributed by atoms with E-state index in [2.05, 4.69) is 41.5 Å². The lowest BCUT2D eigenvalue weighted by atomic mass is 9.72. The first-order chi connectivity index (χ1) is 7.39. The van der Waals surface area contributed by atoms with Crippen LogP contribution in [-0.4, -0.2) is 0 Å². The van der Waals surface area contributed by atoms with Crippen molar-refractivity contribution in [2.45, 2.75) is 73.6 Å². The first kappa shape index (κ1) is 14.1. The summed E-state index contributed by atoms with van der Waals surface area (Å²) in [5, 5.41) is 0. The summed E-state index contributed by atoms with van der Waals surface area (Å²) in [4.78, 5) is 0. The van der Waals surface area contributed by atoms with E-state index in [9.17, 15) is 0 Å². The minimum atomic E-state index is 0.603. The monoisotopic (exact) mass is 224 g/mol. The highest BCUT2D eigenvalue weighted by Gasteiger charge is 2.41. The Morgan fingerprint density at radius 1 is 1.06 bits per heavy atom. The van der Waals surface area contributed by atoms with Gasteiger partial charge in [0.1, 0.15) is 0 Å². The Balaban J connectivity index is 2.44.